The van der Waals surface area contributed by atoms with Crippen LogP contribution in [0.4, 0.5) is 0 Å². The number of ketones is 1. The van der Waals surface area contributed by atoms with Crippen molar-refractivity contribution in [3.8, 4) is 0 Å². The van der Waals surface area contributed by atoms with Crippen LogP contribution in [-0.2, 0) is 6.42 Å². The molecule has 0 aliphatic rings. The highest BCUT2D eigenvalue weighted by molar-refractivity contribution is 7.09. The van der Waals surface area contributed by atoms with Gasteiger partial charge in [-0.1, -0.05) is 0 Å². The molecule has 0 fully saturated rings. The second-order valence-corrected chi connectivity index (χ2v) is 5.23. The number of aromatic nitrogens is 1. The molecule has 0 atom stereocenters. The average Bonchev–Trinajstić information content (AvgIpc) is 2.73. The van der Waals surface area contributed by atoms with Gasteiger partial charge in [-0.3, -0.25) is 4.79 Å². The molecule has 0 spiro atoms. The first-order valence-corrected chi connectivity index (χ1v) is 6.37. The van der Waals surface area contributed by atoms with E-state index in [1.165, 1.54) is 0 Å². The summed E-state index contributed by atoms with van der Waals surface area (Å²) in [6.07, 6.45) is 0.352. The van der Waals surface area contributed by atoms with Crippen molar-refractivity contribution in [3.05, 3.63) is 38.7 Å². The molecule has 0 bridgehead atoms. The van der Waals surface area contributed by atoms with Crippen LogP contribution < -0.4 is 0 Å². The molecule has 2 heterocycles. The highest BCUT2D eigenvalue weighted by atomic mass is 32.1. The first-order valence-electron chi connectivity index (χ1n) is 5.50. The van der Waals surface area contributed by atoms with Gasteiger partial charge in [0.25, 0.3) is 0 Å². The van der Waals surface area contributed by atoms with Crippen LogP contribution in [0.25, 0.3) is 0 Å². The van der Waals surface area contributed by atoms with Crippen LogP contribution in [0, 0.1) is 27.7 Å². The van der Waals surface area contributed by atoms with Crippen LogP contribution in [0.2, 0.25) is 0 Å². The molecule has 17 heavy (non-hydrogen) atoms. The van der Waals surface area contributed by atoms with Crippen molar-refractivity contribution in [1.82, 2.24) is 4.98 Å². The van der Waals surface area contributed by atoms with E-state index >= 15 is 0 Å². The third kappa shape index (κ3) is 2.31. The number of thiazole rings is 1. The van der Waals surface area contributed by atoms with E-state index in [1.54, 1.807) is 11.3 Å². The monoisotopic (exact) mass is 249 g/mol. The summed E-state index contributed by atoms with van der Waals surface area (Å²) in [6.45, 7) is 7.58. The highest BCUT2D eigenvalue weighted by Gasteiger charge is 2.19. The Balaban J connectivity index is 2.26. The molecular weight excluding hydrogens is 234 g/mol. The van der Waals surface area contributed by atoms with Gasteiger partial charge in [-0.05, 0) is 27.7 Å². The van der Waals surface area contributed by atoms with E-state index in [1.807, 2.05) is 33.1 Å². The van der Waals surface area contributed by atoms with Crippen molar-refractivity contribution >= 4 is 17.1 Å². The van der Waals surface area contributed by atoms with E-state index in [9.17, 15) is 4.79 Å². The Hall–Kier alpha value is -1.42. The van der Waals surface area contributed by atoms with Crippen LogP contribution >= 0.6 is 11.3 Å². The second-order valence-electron chi connectivity index (χ2n) is 4.17. The fourth-order valence-electron chi connectivity index (χ4n) is 1.95. The van der Waals surface area contributed by atoms with E-state index in [-0.39, 0.29) is 5.78 Å². The number of hydrogen-bond acceptors (Lipinski definition) is 4. The summed E-state index contributed by atoms with van der Waals surface area (Å²) >= 11 is 1.57. The summed E-state index contributed by atoms with van der Waals surface area (Å²) in [6, 6.07) is 0. The lowest BCUT2D eigenvalue weighted by Crippen LogP contribution is -2.06. The molecular formula is C13H15NO2S. The van der Waals surface area contributed by atoms with Crippen LogP contribution in [0.15, 0.2) is 9.80 Å². The predicted octanol–water partition coefficient (Wildman–Crippen LogP) is 3.40. The van der Waals surface area contributed by atoms with E-state index < -0.39 is 0 Å². The molecule has 2 rings (SSSR count). The zero-order valence-corrected chi connectivity index (χ0v) is 11.3. The van der Waals surface area contributed by atoms with Crippen LogP contribution in [-0.4, -0.2) is 10.8 Å². The molecule has 90 valence electrons. The third-order valence-electron chi connectivity index (χ3n) is 2.85. The van der Waals surface area contributed by atoms with Crippen molar-refractivity contribution in [1.29, 1.82) is 0 Å². The van der Waals surface area contributed by atoms with Crippen molar-refractivity contribution in [2.45, 2.75) is 34.1 Å². The maximum atomic E-state index is 12.2. The van der Waals surface area contributed by atoms with E-state index in [0.717, 1.165) is 22.0 Å². The standard InChI is InChI=1S/C13H15NO2S/c1-7-8(2)16-9(3)13(7)12(15)5-11-6-17-10(4)14-11/h6H,5H2,1-4H3. The molecule has 2 aromatic rings. The maximum absolute atomic E-state index is 12.2. The number of aryl methyl sites for hydroxylation is 3. The van der Waals surface area contributed by atoms with Crippen LogP contribution in [0.1, 0.15) is 38.1 Å². The molecule has 0 N–H and O–H groups in total. The van der Waals surface area contributed by atoms with Crippen molar-refractivity contribution in [2.75, 3.05) is 0 Å². The molecule has 0 unspecified atom stereocenters. The SMILES string of the molecule is Cc1nc(CC(=O)c2c(C)oc(C)c2C)cs1. The summed E-state index contributed by atoms with van der Waals surface area (Å²) in [7, 11) is 0. The molecule has 0 aromatic carbocycles. The minimum atomic E-state index is 0.0853. The summed E-state index contributed by atoms with van der Waals surface area (Å²) < 4.78 is 5.47. The molecule has 0 radical (unpaired) electrons. The Bertz CT molecular complexity index is 566. The van der Waals surface area contributed by atoms with Gasteiger partial charge in [0.15, 0.2) is 5.78 Å². The number of carbonyl (C=O) groups is 1. The number of nitrogens with zero attached hydrogens (tertiary/aromatic N) is 1. The number of carbonyl (C=O) groups excluding carboxylic acids is 1. The number of rotatable bonds is 3. The summed E-state index contributed by atoms with van der Waals surface area (Å²) in [4.78, 5) is 16.5. The normalized spacial score (nSPS) is 10.8. The van der Waals surface area contributed by atoms with Crippen LogP contribution in [0.3, 0.4) is 0 Å². The number of hydrogen-bond donors (Lipinski definition) is 0. The number of Topliss-reactive ketones (excluding diaryl/α,β-unsaturated/α-hetero) is 1. The molecule has 0 saturated carbocycles. The zero-order chi connectivity index (χ0) is 12.6. The summed E-state index contributed by atoms with van der Waals surface area (Å²) in [5.41, 5.74) is 2.50. The predicted molar refractivity (Wildman–Crippen MR) is 67.8 cm³/mol. The molecule has 0 saturated heterocycles. The molecule has 0 amide bonds. The van der Waals surface area contributed by atoms with Gasteiger partial charge >= 0.3 is 0 Å². The zero-order valence-electron chi connectivity index (χ0n) is 10.5. The number of furan rings is 1. The van der Waals surface area contributed by atoms with Gasteiger partial charge in [0.05, 0.1) is 22.7 Å². The fourth-order valence-corrected chi connectivity index (χ4v) is 2.56. The Morgan fingerprint density at radius 1 is 1.29 bits per heavy atom. The average molecular weight is 249 g/mol. The van der Waals surface area contributed by atoms with E-state index in [2.05, 4.69) is 4.98 Å². The molecule has 0 aliphatic carbocycles. The first kappa shape index (κ1) is 12.0. The van der Waals surface area contributed by atoms with Gasteiger partial charge in [-0.15, -0.1) is 11.3 Å². The third-order valence-corrected chi connectivity index (χ3v) is 3.67. The van der Waals surface area contributed by atoms with Crippen molar-refractivity contribution in [2.24, 2.45) is 0 Å². The van der Waals surface area contributed by atoms with Gasteiger partial charge in [0.2, 0.25) is 0 Å². The van der Waals surface area contributed by atoms with Gasteiger partial charge in [-0.2, -0.15) is 0 Å². The Kier molecular flexibility index (Phi) is 3.15. The lowest BCUT2D eigenvalue weighted by atomic mass is 10.0. The lowest BCUT2D eigenvalue weighted by Gasteiger charge is -1.98. The Morgan fingerprint density at radius 3 is 2.47 bits per heavy atom. The summed E-state index contributed by atoms with van der Waals surface area (Å²) in [5.74, 6) is 1.61. The van der Waals surface area contributed by atoms with Crippen molar-refractivity contribution < 1.29 is 9.21 Å². The quantitative estimate of drug-likeness (QED) is 0.783. The molecule has 4 heteroatoms. The van der Waals surface area contributed by atoms with E-state index in [0.29, 0.717) is 17.7 Å². The highest BCUT2D eigenvalue weighted by Crippen LogP contribution is 2.22. The topological polar surface area (TPSA) is 43.1 Å². The first-order chi connectivity index (χ1) is 7.99. The van der Waals surface area contributed by atoms with Crippen molar-refractivity contribution in [3.63, 3.8) is 0 Å². The van der Waals surface area contributed by atoms with Crippen LogP contribution in [0.5, 0.6) is 0 Å². The lowest BCUT2D eigenvalue weighted by molar-refractivity contribution is 0.0990. The Morgan fingerprint density at radius 2 is 2.00 bits per heavy atom. The van der Waals surface area contributed by atoms with Gasteiger partial charge in [0, 0.05) is 10.9 Å². The fraction of sp³-hybridized carbons (Fsp3) is 0.385. The summed E-state index contributed by atoms with van der Waals surface area (Å²) in [5, 5.41) is 2.93. The van der Waals surface area contributed by atoms with Gasteiger partial charge in [-0.25, -0.2) is 4.98 Å². The second kappa shape index (κ2) is 4.45. The van der Waals surface area contributed by atoms with E-state index in [4.69, 9.17) is 4.42 Å². The molecule has 2 aromatic heterocycles. The smallest absolute Gasteiger partial charge is 0.172 e. The largest absolute Gasteiger partial charge is 0.466 e. The minimum absolute atomic E-state index is 0.0853. The Labute approximate surface area is 104 Å². The molecule has 3 nitrogen and oxygen atoms in total. The van der Waals surface area contributed by atoms with Gasteiger partial charge < -0.3 is 4.42 Å². The van der Waals surface area contributed by atoms with Gasteiger partial charge in [0.1, 0.15) is 11.5 Å². The minimum Gasteiger partial charge on any atom is -0.466 e. The maximum Gasteiger partial charge on any atom is 0.172 e. The molecule has 0 aliphatic heterocycles.